The van der Waals surface area contributed by atoms with Crippen molar-refractivity contribution in [3.63, 3.8) is 0 Å². The summed E-state index contributed by atoms with van der Waals surface area (Å²) >= 11 is 12.6. The zero-order chi connectivity index (χ0) is 30.0. The minimum Gasteiger partial charge on any atom is -0.508 e. The second-order valence-corrected chi connectivity index (χ2v) is 12.1. The Kier molecular flexibility index (Phi) is 8.27. The number of rotatable bonds is 8. The number of methoxy groups -OCH3 is 1. The fourth-order valence-corrected chi connectivity index (χ4v) is 5.57. The van der Waals surface area contributed by atoms with Gasteiger partial charge in [0.25, 0.3) is 0 Å². The summed E-state index contributed by atoms with van der Waals surface area (Å²) in [5, 5.41) is 10.5. The molecule has 0 spiro atoms. The Morgan fingerprint density at radius 1 is 0.952 bits per heavy atom. The van der Waals surface area contributed by atoms with Crippen molar-refractivity contribution in [1.82, 2.24) is 9.55 Å². The van der Waals surface area contributed by atoms with Gasteiger partial charge < -0.3 is 14.4 Å². The van der Waals surface area contributed by atoms with Gasteiger partial charge in [-0.2, -0.15) is 0 Å². The van der Waals surface area contributed by atoms with Crippen LogP contribution in [0.3, 0.4) is 0 Å². The fourth-order valence-electron chi connectivity index (χ4n) is 4.50. The lowest BCUT2D eigenvalue weighted by Gasteiger charge is -2.14. The van der Waals surface area contributed by atoms with Crippen LogP contribution in [0.4, 0.5) is 5.69 Å². The highest BCUT2D eigenvalue weighted by atomic mass is 35.5. The number of ether oxygens (including phenoxy) is 1. The molecule has 0 bridgehead atoms. The quantitative estimate of drug-likeness (QED) is 0.181. The summed E-state index contributed by atoms with van der Waals surface area (Å²) in [6.45, 7) is 0. The summed E-state index contributed by atoms with van der Waals surface area (Å²) in [4.78, 5) is 17.3. The zero-order valence-electron chi connectivity index (χ0n) is 22.5. The number of benzene rings is 4. The smallest absolute Gasteiger partial charge is 0.339 e. The molecule has 0 aliphatic rings. The van der Waals surface area contributed by atoms with Gasteiger partial charge in [-0.05, 0) is 65.2 Å². The number of nitrogens with one attached hydrogen (secondary N) is 1. The van der Waals surface area contributed by atoms with Gasteiger partial charge >= 0.3 is 5.97 Å². The van der Waals surface area contributed by atoms with E-state index in [4.69, 9.17) is 32.9 Å². The molecule has 0 aliphatic heterocycles. The van der Waals surface area contributed by atoms with Crippen molar-refractivity contribution in [2.24, 2.45) is 0 Å². The lowest BCUT2D eigenvalue weighted by molar-refractivity contribution is 0.0602. The highest BCUT2D eigenvalue weighted by Gasteiger charge is 2.19. The summed E-state index contributed by atoms with van der Waals surface area (Å²) < 4.78 is 33.3. The molecule has 42 heavy (non-hydrogen) atoms. The van der Waals surface area contributed by atoms with Gasteiger partial charge in [-0.15, -0.1) is 0 Å². The number of nitrogens with zero attached hydrogens (tertiary/aromatic N) is 2. The number of esters is 1. The zero-order valence-corrected chi connectivity index (χ0v) is 24.8. The first-order chi connectivity index (χ1) is 20.0. The van der Waals surface area contributed by atoms with Gasteiger partial charge in [-0.25, -0.2) is 18.2 Å². The number of carbonyl (C=O) groups is 1. The van der Waals surface area contributed by atoms with Crippen LogP contribution in [0.2, 0.25) is 10.0 Å². The van der Waals surface area contributed by atoms with Crippen molar-refractivity contribution in [3.05, 3.63) is 118 Å². The van der Waals surface area contributed by atoms with E-state index in [1.54, 1.807) is 48.7 Å². The topological polar surface area (TPSA) is 111 Å². The van der Waals surface area contributed by atoms with Gasteiger partial charge in [0.2, 0.25) is 10.0 Å². The summed E-state index contributed by atoms with van der Waals surface area (Å²) in [5.74, 6) is 0.166. The molecule has 1 heterocycles. The Labute approximate surface area is 253 Å². The molecule has 5 rings (SSSR count). The molecule has 0 amide bonds. The second kappa shape index (κ2) is 11.9. The molecule has 1 aromatic heterocycles. The molecule has 0 aliphatic carbocycles. The minimum absolute atomic E-state index is 0.0686. The van der Waals surface area contributed by atoms with Crippen LogP contribution < -0.4 is 4.72 Å². The molecule has 5 aromatic rings. The van der Waals surface area contributed by atoms with E-state index in [9.17, 15) is 18.3 Å². The number of aromatic hydroxyl groups is 1. The average Bonchev–Trinajstić information content (AvgIpc) is 3.36. The third-order valence-corrected chi connectivity index (χ3v) is 7.62. The predicted molar refractivity (Wildman–Crippen MR) is 165 cm³/mol. The predicted octanol–water partition coefficient (Wildman–Crippen LogP) is 6.97. The molecule has 0 unspecified atom stereocenters. The van der Waals surface area contributed by atoms with E-state index in [1.165, 1.54) is 13.2 Å². The Balaban J connectivity index is 1.59. The monoisotopic (exact) mass is 621 g/mol. The lowest BCUT2D eigenvalue weighted by atomic mass is 10.0. The van der Waals surface area contributed by atoms with Crippen LogP contribution in [-0.4, -0.2) is 42.4 Å². The number of hydrogen-bond donors (Lipinski definition) is 2. The standard InChI is InChI=1S/C31H25Cl2N3O5S/c1-41-31(38)26-14-10-23(17-28(26)35-42(2,39)40)36-18-29(25-13-9-22(32)16-27(25)33)34-30(36)15-19-3-5-20(6-4-19)21-7-11-24(37)12-8-21/h3-14,16-18,35,37H,15H2,1-2H3. The van der Waals surface area contributed by atoms with Gasteiger partial charge in [0.15, 0.2) is 0 Å². The molecule has 4 aromatic carbocycles. The third kappa shape index (κ3) is 6.60. The van der Waals surface area contributed by atoms with Crippen molar-refractivity contribution in [3.8, 4) is 33.8 Å². The molecule has 214 valence electrons. The number of halogens is 2. The van der Waals surface area contributed by atoms with Gasteiger partial charge in [0.1, 0.15) is 11.6 Å². The van der Waals surface area contributed by atoms with E-state index in [1.807, 2.05) is 41.0 Å². The largest absolute Gasteiger partial charge is 0.508 e. The summed E-state index contributed by atoms with van der Waals surface area (Å²) in [7, 11) is -2.48. The maximum atomic E-state index is 12.4. The van der Waals surface area contributed by atoms with Crippen molar-refractivity contribution < 1.29 is 23.1 Å². The summed E-state index contributed by atoms with van der Waals surface area (Å²) in [5.41, 5.74) is 4.89. The Morgan fingerprint density at radius 2 is 1.62 bits per heavy atom. The van der Waals surface area contributed by atoms with E-state index in [-0.39, 0.29) is 17.0 Å². The number of hydrogen-bond acceptors (Lipinski definition) is 6. The van der Waals surface area contributed by atoms with Crippen LogP contribution in [0.25, 0.3) is 28.1 Å². The van der Waals surface area contributed by atoms with Crippen molar-refractivity contribution in [1.29, 1.82) is 0 Å². The first-order valence-corrected chi connectivity index (χ1v) is 15.3. The first kappa shape index (κ1) is 29.2. The maximum Gasteiger partial charge on any atom is 0.339 e. The highest BCUT2D eigenvalue weighted by Crippen LogP contribution is 2.32. The molecule has 0 fully saturated rings. The van der Waals surface area contributed by atoms with Crippen LogP contribution >= 0.6 is 23.2 Å². The number of imidazole rings is 1. The fraction of sp³-hybridized carbons (Fsp3) is 0.0968. The van der Waals surface area contributed by atoms with Gasteiger partial charge in [-0.3, -0.25) is 4.72 Å². The molecular weight excluding hydrogens is 597 g/mol. The Hall–Kier alpha value is -4.31. The van der Waals surface area contributed by atoms with Crippen LogP contribution in [0.5, 0.6) is 5.75 Å². The number of carbonyl (C=O) groups excluding carboxylic acids is 1. The number of anilines is 1. The second-order valence-electron chi connectivity index (χ2n) is 9.55. The first-order valence-electron chi connectivity index (χ1n) is 12.6. The van der Waals surface area contributed by atoms with Crippen molar-refractivity contribution in [2.45, 2.75) is 6.42 Å². The van der Waals surface area contributed by atoms with E-state index >= 15 is 0 Å². The minimum atomic E-state index is -3.70. The average molecular weight is 623 g/mol. The van der Waals surface area contributed by atoms with Crippen molar-refractivity contribution >= 4 is 44.9 Å². The molecule has 2 N–H and O–H groups in total. The van der Waals surface area contributed by atoms with Gasteiger partial charge in [0, 0.05) is 28.9 Å². The molecule has 8 nitrogen and oxygen atoms in total. The van der Waals surface area contributed by atoms with Crippen LogP contribution in [0, 0.1) is 0 Å². The molecular formula is C31H25Cl2N3O5S. The highest BCUT2D eigenvalue weighted by molar-refractivity contribution is 7.92. The molecule has 0 saturated heterocycles. The van der Waals surface area contributed by atoms with E-state index < -0.39 is 16.0 Å². The van der Waals surface area contributed by atoms with Crippen molar-refractivity contribution in [2.75, 3.05) is 18.1 Å². The Morgan fingerprint density at radius 3 is 2.24 bits per heavy atom. The SMILES string of the molecule is COC(=O)c1ccc(-n2cc(-c3ccc(Cl)cc3Cl)nc2Cc2ccc(-c3ccc(O)cc3)cc2)cc1NS(C)(=O)=O. The summed E-state index contributed by atoms with van der Waals surface area (Å²) in [6, 6.07) is 24.8. The number of sulfonamides is 1. The van der Waals surface area contributed by atoms with E-state index in [0.717, 1.165) is 22.9 Å². The third-order valence-electron chi connectivity index (χ3n) is 6.48. The summed E-state index contributed by atoms with van der Waals surface area (Å²) in [6.07, 6.45) is 3.23. The number of aromatic nitrogens is 2. The molecule has 11 heteroatoms. The van der Waals surface area contributed by atoms with Crippen LogP contribution in [0.15, 0.2) is 91.1 Å². The normalized spacial score (nSPS) is 11.3. The molecule has 0 saturated carbocycles. The van der Waals surface area contributed by atoms with E-state index in [0.29, 0.717) is 39.2 Å². The number of phenols is 1. The molecule has 0 radical (unpaired) electrons. The maximum absolute atomic E-state index is 12.4. The number of phenolic OH excluding ortho intramolecular Hbond substituents is 1. The van der Waals surface area contributed by atoms with Gasteiger partial charge in [-0.1, -0.05) is 59.6 Å². The van der Waals surface area contributed by atoms with Gasteiger partial charge in [0.05, 0.1) is 35.3 Å². The Bertz CT molecular complexity index is 1890. The van der Waals surface area contributed by atoms with E-state index in [2.05, 4.69) is 4.72 Å². The van der Waals surface area contributed by atoms with Crippen LogP contribution in [-0.2, 0) is 21.2 Å². The van der Waals surface area contributed by atoms with Crippen LogP contribution in [0.1, 0.15) is 21.7 Å². The lowest BCUT2D eigenvalue weighted by Crippen LogP contribution is -2.15. The molecule has 0 atom stereocenters.